The van der Waals surface area contributed by atoms with Crippen LogP contribution in [0.25, 0.3) is 0 Å². The van der Waals surface area contributed by atoms with Crippen molar-refractivity contribution in [3.63, 3.8) is 0 Å². The van der Waals surface area contributed by atoms with Gasteiger partial charge in [-0.1, -0.05) is 0 Å². The van der Waals surface area contributed by atoms with E-state index in [4.69, 9.17) is 9.47 Å². The molecule has 0 spiro atoms. The van der Waals surface area contributed by atoms with Crippen LogP contribution in [0.2, 0.25) is 0 Å². The Balaban J connectivity index is 2.11. The lowest BCUT2D eigenvalue weighted by Gasteiger charge is -2.21. The van der Waals surface area contributed by atoms with Gasteiger partial charge in [0.1, 0.15) is 13.2 Å². The molecule has 0 radical (unpaired) electrons. The third-order valence-corrected chi connectivity index (χ3v) is 2.82. The van der Waals surface area contributed by atoms with Crippen molar-refractivity contribution < 1.29 is 14.3 Å². The lowest BCUT2D eigenvalue weighted by molar-refractivity contribution is -0.126. The number of hydrogen-bond acceptors (Lipinski definition) is 4. The fourth-order valence-corrected chi connectivity index (χ4v) is 1.71. The monoisotopic (exact) mass is 250 g/mol. The lowest BCUT2D eigenvalue weighted by Crippen LogP contribution is -2.28. The molecule has 5 nitrogen and oxygen atoms in total. The summed E-state index contributed by atoms with van der Waals surface area (Å²) in [5.41, 5.74) is 1.93. The molecule has 1 aromatic carbocycles. The van der Waals surface area contributed by atoms with Crippen LogP contribution < -0.4 is 14.8 Å². The third kappa shape index (κ3) is 2.67. The Morgan fingerprint density at radius 1 is 1.28 bits per heavy atom. The van der Waals surface area contributed by atoms with Crippen LogP contribution in [0.15, 0.2) is 12.1 Å². The van der Waals surface area contributed by atoms with Crippen molar-refractivity contribution >= 4 is 11.6 Å². The molecule has 0 saturated carbocycles. The maximum absolute atomic E-state index is 11.5. The zero-order valence-electron chi connectivity index (χ0n) is 10.9. The number of amides is 1. The number of carbonyl (C=O) groups is 1. The zero-order valence-corrected chi connectivity index (χ0v) is 10.9. The number of anilines is 1. The van der Waals surface area contributed by atoms with Gasteiger partial charge in [0.15, 0.2) is 11.5 Å². The highest BCUT2D eigenvalue weighted by atomic mass is 16.6. The van der Waals surface area contributed by atoms with Gasteiger partial charge in [0, 0.05) is 25.8 Å². The molecule has 2 rings (SSSR count). The van der Waals surface area contributed by atoms with Gasteiger partial charge in [-0.15, -0.1) is 0 Å². The minimum Gasteiger partial charge on any atom is -0.486 e. The van der Waals surface area contributed by atoms with E-state index in [9.17, 15) is 4.79 Å². The van der Waals surface area contributed by atoms with Gasteiger partial charge in [-0.3, -0.25) is 4.79 Å². The summed E-state index contributed by atoms with van der Waals surface area (Å²) < 4.78 is 11.0. The van der Waals surface area contributed by atoms with E-state index in [-0.39, 0.29) is 12.5 Å². The van der Waals surface area contributed by atoms with Crippen molar-refractivity contribution in [1.29, 1.82) is 0 Å². The van der Waals surface area contributed by atoms with Crippen LogP contribution in [-0.2, 0) is 4.79 Å². The zero-order chi connectivity index (χ0) is 13.1. The van der Waals surface area contributed by atoms with Crippen LogP contribution in [0.1, 0.15) is 5.56 Å². The van der Waals surface area contributed by atoms with E-state index in [2.05, 4.69) is 5.32 Å². The molecule has 0 bridgehead atoms. The Labute approximate surface area is 107 Å². The van der Waals surface area contributed by atoms with Gasteiger partial charge in [-0.2, -0.15) is 0 Å². The van der Waals surface area contributed by atoms with Crippen molar-refractivity contribution in [1.82, 2.24) is 4.90 Å². The van der Waals surface area contributed by atoms with E-state index in [1.807, 2.05) is 19.1 Å². The van der Waals surface area contributed by atoms with Gasteiger partial charge in [0.25, 0.3) is 0 Å². The molecule has 0 fully saturated rings. The molecule has 0 atom stereocenters. The molecule has 0 aliphatic carbocycles. The molecule has 1 N–H and O–H groups in total. The first-order chi connectivity index (χ1) is 8.58. The van der Waals surface area contributed by atoms with E-state index in [0.29, 0.717) is 13.2 Å². The molecule has 18 heavy (non-hydrogen) atoms. The standard InChI is InChI=1S/C13H18N2O3/c1-9-6-11-12(18-5-4-17-11)7-10(9)14-8-13(16)15(2)3/h6-7,14H,4-5,8H2,1-3H3. The van der Waals surface area contributed by atoms with Crippen LogP contribution in [0.3, 0.4) is 0 Å². The quantitative estimate of drug-likeness (QED) is 0.877. The number of ether oxygens (including phenoxy) is 2. The van der Waals surface area contributed by atoms with Crippen LogP contribution in [-0.4, -0.2) is 44.7 Å². The number of likely N-dealkylation sites (N-methyl/N-ethyl adjacent to an activating group) is 1. The van der Waals surface area contributed by atoms with Crippen LogP contribution >= 0.6 is 0 Å². The van der Waals surface area contributed by atoms with Crippen LogP contribution in [0.5, 0.6) is 11.5 Å². The summed E-state index contributed by atoms with van der Waals surface area (Å²) in [4.78, 5) is 13.1. The van der Waals surface area contributed by atoms with Gasteiger partial charge in [-0.05, 0) is 18.6 Å². The second-order valence-electron chi connectivity index (χ2n) is 4.45. The summed E-state index contributed by atoms with van der Waals surface area (Å²) >= 11 is 0. The highest BCUT2D eigenvalue weighted by molar-refractivity contribution is 5.80. The number of benzene rings is 1. The number of nitrogens with one attached hydrogen (secondary N) is 1. The van der Waals surface area contributed by atoms with E-state index >= 15 is 0 Å². The third-order valence-electron chi connectivity index (χ3n) is 2.82. The number of fused-ring (bicyclic) bond motifs is 1. The fraction of sp³-hybridized carbons (Fsp3) is 0.462. The van der Waals surface area contributed by atoms with Gasteiger partial charge >= 0.3 is 0 Å². The van der Waals surface area contributed by atoms with Gasteiger partial charge in [-0.25, -0.2) is 0 Å². The van der Waals surface area contributed by atoms with Crippen LogP contribution in [0, 0.1) is 6.92 Å². The molecular weight excluding hydrogens is 232 g/mol. The van der Waals surface area contributed by atoms with E-state index in [1.165, 1.54) is 0 Å². The Morgan fingerprint density at radius 3 is 2.50 bits per heavy atom. The summed E-state index contributed by atoms with van der Waals surface area (Å²) in [7, 11) is 3.47. The fourth-order valence-electron chi connectivity index (χ4n) is 1.71. The largest absolute Gasteiger partial charge is 0.486 e. The van der Waals surface area contributed by atoms with Crippen molar-refractivity contribution in [2.45, 2.75) is 6.92 Å². The Morgan fingerprint density at radius 2 is 1.89 bits per heavy atom. The number of carbonyl (C=O) groups excluding carboxylic acids is 1. The highest BCUT2D eigenvalue weighted by Crippen LogP contribution is 2.35. The van der Waals surface area contributed by atoms with E-state index < -0.39 is 0 Å². The maximum Gasteiger partial charge on any atom is 0.241 e. The molecule has 1 aromatic rings. The summed E-state index contributed by atoms with van der Waals surface area (Å²) in [6.45, 7) is 3.39. The molecule has 0 unspecified atom stereocenters. The average molecular weight is 250 g/mol. The second kappa shape index (κ2) is 5.16. The van der Waals surface area contributed by atoms with Crippen LogP contribution in [0.4, 0.5) is 5.69 Å². The molecule has 1 aliphatic rings. The molecule has 1 aliphatic heterocycles. The predicted molar refractivity (Wildman–Crippen MR) is 69.4 cm³/mol. The first-order valence-electron chi connectivity index (χ1n) is 5.92. The van der Waals surface area contributed by atoms with Crippen molar-refractivity contribution in [2.24, 2.45) is 0 Å². The van der Waals surface area contributed by atoms with Crippen molar-refractivity contribution in [3.8, 4) is 11.5 Å². The molecule has 1 heterocycles. The molecule has 0 saturated heterocycles. The molecular formula is C13H18N2O3. The highest BCUT2D eigenvalue weighted by Gasteiger charge is 2.14. The van der Waals surface area contributed by atoms with Gasteiger partial charge < -0.3 is 19.7 Å². The molecule has 1 amide bonds. The van der Waals surface area contributed by atoms with E-state index in [1.54, 1.807) is 19.0 Å². The predicted octanol–water partition coefficient (Wildman–Crippen LogP) is 1.27. The number of rotatable bonds is 3. The Kier molecular flexibility index (Phi) is 3.60. The minimum absolute atomic E-state index is 0.0317. The maximum atomic E-state index is 11.5. The Bertz CT molecular complexity index is 458. The first-order valence-corrected chi connectivity index (χ1v) is 5.92. The first kappa shape index (κ1) is 12.5. The molecule has 0 aromatic heterocycles. The summed E-state index contributed by atoms with van der Waals surface area (Å²) in [5, 5.41) is 3.12. The second-order valence-corrected chi connectivity index (χ2v) is 4.45. The van der Waals surface area contributed by atoms with Gasteiger partial charge in [0.05, 0.1) is 6.54 Å². The summed E-state index contributed by atoms with van der Waals surface area (Å²) in [6, 6.07) is 3.81. The number of nitrogens with zero attached hydrogens (tertiary/aromatic N) is 1. The summed E-state index contributed by atoms with van der Waals surface area (Å²) in [5.74, 6) is 1.53. The smallest absolute Gasteiger partial charge is 0.241 e. The van der Waals surface area contributed by atoms with E-state index in [0.717, 1.165) is 22.7 Å². The normalized spacial score (nSPS) is 13.1. The topological polar surface area (TPSA) is 50.8 Å². The molecule has 5 heteroatoms. The van der Waals surface area contributed by atoms with Gasteiger partial charge in [0.2, 0.25) is 5.91 Å². The van der Waals surface area contributed by atoms with Crippen molar-refractivity contribution in [3.05, 3.63) is 17.7 Å². The number of aryl methyl sites for hydroxylation is 1. The molecule has 98 valence electrons. The Hall–Kier alpha value is -1.91. The lowest BCUT2D eigenvalue weighted by atomic mass is 10.1. The summed E-state index contributed by atoms with van der Waals surface area (Å²) in [6.07, 6.45) is 0. The average Bonchev–Trinajstić information content (AvgIpc) is 2.35. The SMILES string of the molecule is Cc1cc2c(cc1NCC(=O)N(C)C)OCCO2. The number of hydrogen-bond donors (Lipinski definition) is 1. The van der Waals surface area contributed by atoms with Crippen molar-refractivity contribution in [2.75, 3.05) is 39.2 Å². The minimum atomic E-state index is 0.0317.